The van der Waals surface area contributed by atoms with Crippen LogP contribution >= 0.6 is 0 Å². The first kappa shape index (κ1) is 11.2. The highest BCUT2D eigenvalue weighted by molar-refractivity contribution is 6.05. The van der Waals surface area contributed by atoms with E-state index in [0.717, 1.165) is 4.90 Å². The Kier molecular flexibility index (Phi) is 3.03. The van der Waals surface area contributed by atoms with Gasteiger partial charge in [-0.1, -0.05) is 0 Å². The number of nitrogens with zero attached hydrogens (tertiary/aromatic N) is 1. The summed E-state index contributed by atoms with van der Waals surface area (Å²) in [5.41, 5.74) is 0. The molecule has 1 fully saturated rings. The molecule has 3 amide bonds. The largest absolute Gasteiger partial charge is 0.481 e. The van der Waals surface area contributed by atoms with Crippen molar-refractivity contribution in [1.82, 2.24) is 10.2 Å². The molecule has 0 aliphatic carbocycles. The highest BCUT2D eigenvalue weighted by Crippen LogP contribution is 2.06. The minimum Gasteiger partial charge on any atom is -0.481 e. The molecule has 1 aliphatic heterocycles. The predicted molar refractivity (Wildman–Crippen MR) is 46.6 cm³/mol. The summed E-state index contributed by atoms with van der Waals surface area (Å²) in [5.74, 6) is -3.22. The molecule has 0 radical (unpaired) electrons. The number of amides is 3. The Morgan fingerprint density at radius 1 is 1.53 bits per heavy atom. The van der Waals surface area contributed by atoms with Crippen LogP contribution < -0.4 is 5.32 Å². The van der Waals surface area contributed by atoms with Crippen molar-refractivity contribution >= 4 is 23.7 Å². The lowest BCUT2D eigenvalue weighted by Crippen LogP contribution is -2.58. The molecule has 7 heteroatoms. The van der Waals surface area contributed by atoms with Crippen molar-refractivity contribution < 1.29 is 24.3 Å². The van der Waals surface area contributed by atoms with Crippen LogP contribution in [0, 0.1) is 0 Å². The minimum atomic E-state index is -1.29. The maximum absolute atomic E-state index is 11.3. The minimum absolute atomic E-state index is 0.279. The Labute approximate surface area is 85.0 Å². The second-order valence-corrected chi connectivity index (χ2v) is 3.18. The molecular weight excluding hydrogens is 204 g/mol. The third-order valence-corrected chi connectivity index (χ3v) is 2.05. The van der Waals surface area contributed by atoms with Gasteiger partial charge in [0.25, 0.3) is 0 Å². The average Bonchev–Trinajstić information content (AvgIpc) is 2.09. The number of hydrogen-bond donors (Lipinski definition) is 2. The first-order valence-electron chi connectivity index (χ1n) is 4.26. The quantitative estimate of drug-likeness (QED) is 0.422. The van der Waals surface area contributed by atoms with E-state index < -0.39 is 36.2 Å². The average molecular weight is 214 g/mol. The second-order valence-electron chi connectivity index (χ2n) is 3.18. The van der Waals surface area contributed by atoms with Crippen molar-refractivity contribution in [1.29, 1.82) is 0 Å². The summed E-state index contributed by atoms with van der Waals surface area (Å²) in [5, 5.41) is 10.4. The number of hydrogen-bond acceptors (Lipinski definition) is 4. The Morgan fingerprint density at radius 3 is 2.67 bits per heavy atom. The van der Waals surface area contributed by atoms with Gasteiger partial charge < -0.3 is 10.0 Å². The first-order chi connectivity index (χ1) is 6.91. The van der Waals surface area contributed by atoms with Gasteiger partial charge in [-0.3, -0.25) is 24.5 Å². The third-order valence-electron chi connectivity index (χ3n) is 2.05. The molecule has 1 heterocycles. The van der Waals surface area contributed by atoms with E-state index in [1.165, 1.54) is 6.92 Å². The van der Waals surface area contributed by atoms with Gasteiger partial charge in [-0.2, -0.15) is 0 Å². The van der Waals surface area contributed by atoms with Crippen LogP contribution in [0.3, 0.4) is 0 Å². The summed E-state index contributed by atoms with van der Waals surface area (Å²) in [6, 6.07) is -0.811. The number of carboxylic acids is 1. The standard InChI is InChI=1S/C8H10N2O5/c1-4-8(15)9-5(11)3-10(4)6(12)2-7(13)14/h4H,2-3H2,1H3,(H,13,14)(H,9,11,15). The van der Waals surface area contributed by atoms with Crippen molar-refractivity contribution in [3.8, 4) is 0 Å². The van der Waals surface area contributed by atoms with Gasteiger partial charge in [0.05, 0.1) is 0 Å². The number of carbonyl (C=O) groups is 4. The van der Waals surface area contributed by atoms with Crippen molar-refractivity contribution in [2.45, 2.75) is 19.4 Å². The molecule has 0 saturated carbocycles. The Bertz CT molecular complexity index is 338. The SMILES string of the molecule is CC1C(=O)NC(=O)CN1C(=O)CC(=O)O. The number of carbonyl (C=O) groups excluding carboxylic acids is 3. The highest BCUT2D eigenvalue weighted by atomic mass is 16.4. The van der Waals surface area contributed by atoms with Gasteiger partial charge in [0.1, 0.15) is 19.0 Å². The lowest BCUT2D eigenvalue weighted by molar-refractivity contribution is -0.153. The number of nitrogens with one attached hydrogen (secondary N) is 1. The molecule has 1 aliphatic rings. The molecule has 1 saturated heterocycles. The number of carboxylic acid groups (broad SMARTS) is 1. The maximum atomic E-state index is 11.3. The molecule has 1 atom stereocenters. The van der Waals surface area contributed by atoms with Gasteiger partial charge in [-0.05, 0) is 6.92 Å². The van der Waals surface area contributed by atoms with Crippen molar-refractivity contribution in [2.24, 2.45) is 0 Å². The number of aliphatic carboxylic acids is 1. The van der Waals surface area contributed by atoms with Crippen LogP contribution in [0.4, 0.5) is 0 Å². The molecular formula is C8H10N2O5. The van der Waals surface area contributed by atoms with Gasteiger partial charge >= 0.3 is 5.97 Å². The van der Waals surface area contributed by atoms with Crippen LogP contribution in [0.2, 0.25) is 0 Å². The lowest BCUT2D eigenvalue weighted by atomic mass is 10.2. The van der Waals surface area contributed by atoms with E-state index in [1.54, 1.807) is 0 Å². The van der Waals surface area contributed by atoms with Crippen LogP contribution in [0.5, 0.6) is 0 Å². The second kappa shape index (κ2) is 4.07. The zero-order chi connectivity index (χ0) is 11.6. The van der Waals surface area contributed by atoms with E-state index in [2.05, 4.69) is 0 Å². The smallest absolute Gasteiger partial charge is 0.312 e. The van der Waals surface area contributed by atoms with Gasteiger partial charge in [0.2, 0.25) is 17.7 Å². The number of piperazine rings is 1. The van der Waals surface area contributed by atoms with Crippen LogP contribution in [-0.2, 0) is 19.2 Å². The van der Waals surface area contributed by atoms with E-state index in [4.69, 9.17) is 5.11 Å². The fourth-order valence-electron chi connectivity index (χ4n) is 1.25. The van der Waals surface area contributed by atoms with E-state index in [1.807, 2.05) is 5.32 Å². The summed E-state index contributed by atoms with van der Waals surface area (Å²) < 4.78 is 0. The monoisotopic (exact) mass is 214 g/mol. The first-order valence-corrected chi connectivity index (χ1v) is 4.26. The molecule has 2 N–H and O–H groups in total. The highest BCUT2D eigenvalue weighted by Gasteiger charge is 2.33. The normalized spacial score (nSPS) is 21.1. The fraction of sp³-hybridized carbons (Fsp3) is 0.500. The van der Waals surface area contributed by atoms with Crippen LogP contribution in [0.1, 0.15) is 13.3 Å². The summed E-state index contributed by atoms with van der Waals surface area (Å²) in [4.78, 5) is 44.6. The summed E-state index contributed by atoms with van der Waals surface area (Å²) in [6.45, 7) is 1.15. The van der Waals surface area contributed by atoms with E-state index in [-0.39, 0.29) is 6.54 Å². The van der Waals surface area contributed by atoms with Gasteiger partial charge in [0.15, 0.2) is 0 Å². The van der Waals surface area contributed by atoms with Crippen LogP contribution in [0.25, 0.3) is 0 Å². The third kappa shape index (κ3) is 2.52. The maximum Gasteiger partial charge on any atom is 0.312 e. The topological polar surface area (TPSA) is 104 Å². The molecule has 1 unspecified atom stereocenters. The lowest BCUT2D eigenvalue weighted by Gasteiger charge is -2.31. The zero-order valence-corrected chi connectivity index (χ0v) is 8.02. The van der Waals surface area contributed by atoms with E-state index >= 15 is 0 Å². The Morgan fingerprint density at radius 2 is 2.13 bits per heavy atom. The zero-order valence-electron chi connectivity index (χ0n) is 8.02. The summed E-state index contributed by atoms with van der Waals surface area (Å²) in [7, 11) is 0. The summed E-state index contributed by atoms with van der Waals surface area (Å²) in [6.07, 6.45) is -0.717. The van der Waals surface area contributed by atoms with Crippen LogP contribution in [0.15, 0.2) is 0 Å². The molecule has 0 aromatic carbocycles. The van der Waals surface area contributed by atoms with E-state index in [9.17, 15) is 19.2 Å². The molecule has 0 aromatic heterocycles. The molecule has 82 valence electrons. The molecule has 0 bridgehead atoms. The van der Waals surface area contributed by atoms with Crippen molar-refractivity contribution in [2.75, 3.05) is 6.54 Å². The Hall–Kier alpha value is -1.92. The molecule has 0 spiro atoms. The molecule has 15 heavy (non-hydrogen) atoms. The van der Waals surface area contributed by atoms with Crippen molar-refractivity contribution in [3.05, 3.63) is 0 Å². The Balaban J connectivity index is 2.74. The van der Waals surface area contributed by atoms with Crippen molar-refractivity contribution in [3.63, 3.8) is 0 Å². The molecule has 0 aromatic rings. The molecule has 1 rings (SSSR count). The van der Waals surface area contributed by atoms with Gasteiger partial charge in [-0.25, -0.2) is 0 Å². The number of imide groups is 1. The molecule has 7 nitrogen and oxygen atoms in total. The van der Waals surface area contributed by atoms with Gasteiger partial charge in [-0.15, -0.1) is 0 Å². The summed E-state index contributed by atoms with van der Waals surface area (Å²) >= 11 is 0. The van der Waals surface area contributed by atoms with Crippen LogP contribution in [-0.4, -0.2) is 46.3 Å². The van der Waals surface area contributed by atoms with E-state index in [0.29, 0.717) is 0 Å². The fourth-order valence-corrected chi connectivity index (χ4v) is 1.25. The number of rotatable bonds is 2. The van der Waals surface area contributed by atoms with Gasteiger partial charge in [0, 0.05) is 0 Å². The predicted octanol–water partition coefficient (Wildman–Crippen LogP) is -1.67.